The molecule has 0 aromatic heterocycles. The van der Waals surface area contributed by atoms with E-state index >= 15 is 0 Å². The van der Waals surface area contributed by atoms with Crippen LogP contribution in [0.3, 0.4) is 0 Å². The Morgan fingerprint density at radius 1 is 1.33 bits per heavy atom. The van der Waals surface area contributed by atoms with Gasteiger partial charge in [-0.1, -0.05) is 5.92 Å². The molecule has 0 aromatic rings. The molecule has 2 aliphatic heterocycles. The Hall–Kier alpha value is -0.520. The first-order valence-electron chi connectivity index (χ1n) is 4.68. The molecule has 2 saturated heterocycles. The Bertz CT molecular complexity index is 194. The predicted molar refractivity (Wildman–Crippen MR) is 47.6 cm³/mol. The van der Waals surface area contributed by atoms with Gasteiger partial charge in [0.2, 0.25) is 0 Å². The van der Waals surface area contributed by atoms with Crippen LogP contribution in [0.4, 0.5) is 0 Å². The highest BCUT2D eigenvalue weighted by atomic mass is 16.3. The van der Waals surface area contributed by atoms with Crippen LogP contribution in [-0.4, -0.2) is 34.7 Å². The van der Waals surface area contributed by atoms with Gasteiger partial charge in [-0.25, -0.2) is 0 Å². The molecule has 12 heavy (non-hydrogen) atoms. The summed E-state index contributed by atoms with van der Waals surface area (Å²) in [6.07, 6.45) is 9.53. The average molecular weight is 165 g/mol. The molecular formula is C10H15NO. The van der Waals surface area contributed by atoms with Crippen LogP contribution >= 0.6 is 0 Å². The minimum atomic E-state index is -0.0727. The summed E-state index contributed by atoms with van der Waals surface area (Å²) in [6, 6.07) is 1.13. The maximum absolute atomic E-state index is 9.50. The Morgan fingerprint density at radius 2 is 1.92 bits per heavy atom. The van der Waals surface area contributed by atoms with Gasteiger partial charge in [0.15, 0.2) is 0 Å². The molecule has 2 atom stereocenters. The molecule has 2 heteroatoms. The Morgan fingerprint density at radius 3 is 2.42 bits per heavy atom. The second-order valence-corrected chi connectivity index (χ2v) is 3.89. The zero-order valence-electron chi connectivity index (χ0n) is 7.24. The van der Waals surface area contributed by atoms with Crippen molar-refractivity contribution in [2.75, 3.05) is 6.54 Å². The molecule has 0 spiro atoms. The van der Waals surface area contributed by atoms with Crippen LogP contribution in [0.1, 0.15) is 25.7 Å². The molecule has 2 fully saturated rings. The molecule has 0 radical (unpaired) electrons. The van der Waals surface area contributed by atoms with Gasteiger partial charge < -0.3 is 5.11 Å². The number of aliphatic hydroxyl groups excluding tert-OH is 1. The van der Waals surface area contributed by atoms with Crippen molar-refractivity contribution in [1.82, 2.24) is 4.90 Å². The number of piperidine rings is 1. The Balaban J connectivity index is 2.05. The molecule has 0 saturated carbocycles. The first kappa shape index (κ1) is 8.10. The lowest BCUT2D eigenvalue weighted by Crippen LogP contribution is -2.44. The maximum Gasteiger partial charge on any atom is 0.0603 e. The van der Waals surface area contributed by atoms with Crippen LogP contribution in [0.15, 0.2) is 0 Å². The SMILES string of the molecule is C#CCN1C2CCC1CC(O)C2. The van der Waals surface area contributed by atoms with Crippen LogP contribution in [0.5, 0.6) is 0 Å². The topological polar surface area (TPSA) is 23.5 Å². The minimum Gasteiger partial charge on any atom is -0.393 e. The smallest absolute Gasteiger partial charge is 0.0603 e. The lowest BCUT2D eigenvalue weighted by Gasteiger charge is -2.35. The predicted octanol–water partition coefficient (Wildman–Crippen LogP) is 0.607. The molecule has 0 aliphatic carbocycles. The molecular weight excluding hydrogens is 150 g/mol. The maximum atomic E-state index is 9.50. The van der Waals surface area contributed by atoms with E-state index in [1.54, 1.807) is 0 Å². The number of terminal acetylenes is 1. The van der Waals surface area contributed by atoms with Gasteiger partial charge in [-0.3, -0.25) is 4.90 Å². The zero-order valence-corrected chi connectivity index (χ0v) is 7.24. The molecule has 0 aromatic carbocycles. The van der Waals surface area contributed by atoms with Crippen molar-refractivity contribution >= 4 is 0 Å². The van der Waals surface area contributed by atoms with Gasteiger partial charge in [0, 0.05) is 12.1 Å². The zero-order chi connectivity index (χ0) is 8.55. The van der Waals surface area contributed by atoms with Crippen molar-refractivity contribution in [2.24, 2.45) is 0 Å². The highest BCUT2D eigenvalue weighted by molar-refractivity contribution is 5.00. The van der Waals surface area contributed by atoms with Crippen molar-refractivity contribution in [3.63, 3.8) is 0 Å². The molecule has 0 amide bonds. The Kier molecular flexibility index (Phi) is 2.08. The highest BCUT2D eigenvalue weighted by Crippen LogP contribution is 2.34. The Labute approximate surface area is 73.6 Å². The van der Waals surface area contributed by atoms with Gasteiger partial charge in [0.1, 0.15) is 0 Å². The molecule has 2 nitrogen and oxygen atoms in total. The molecule has 2 unspecified atom stereocenters. The van der Waals surface area contributed by atoms with Crippen molar-refractivity contribution < 1.29 is 5.11 Å². The summed E-state index contributed by atoms with van der Waals surface area (Å²) in [7, 11) is 0. The standard InChI is InChI=1S/C10H15NO/c1-2-5-11-8-3-4-9(11)7-10(12)6-8/h1,8-10,12H,3-7H2. The largest absolute Gasteiger partial charge is 0.393 e. The van der Waals surface area contributed by atoms with E-state index in [4.69, 9.17) is 6.42 Å². The summed E-state index contributed by atoms with van der Waals surface area (Å²) in [6.45, 7) is 0.766. The second kappa shape index (κ2) is 3.08. The van der Waals surface area contributed by atoms with Crippen LogP contribution < -0.4 is 0 Å². The summed E-state index contributed by atoms with van der Waals surface area (Å²) < 4.78 is 0. The van der Waals surface area contributed by atoms with E-state index in [2.05, 4.69) is 10.8 Å². The van der Waals surface area contributed by atoms with Gasteiger partial charge in [-0.05, 0) is 25.7 Å². The van der Waals surface area contributed by atoms with Gasteiger partial charge in [0.05, 0.1) is 12.6 Å². The molecule has 2 heterocycles. The third-order valence-electron chi connectivity index (χ3n) is 3.13. The summed E-state index contributed by atoms with van der Waals surface area (Å²) in [4.78, 5) is 2.38. The fourth-order valence-electron chi connectivity index (χ4n) is 2.61. The fraction of sp³-hybridized carbons (Fsp3) is 0.800. The van der Waals surface area contributed by atoms with Gasteiger partial charge in [0.25, 0.3) is 0 Å². The number of hydrogen-bond acceptors (Lipinski definition) is 2. The third kappa shape index (κ3) is 1.24. The van der Waals surface area contributed by atoms with Crippen LogP contribution in [0, 0.1) is 12.3 Å². The van der Waals surface area contributed by atoms with E-state index in [-0.39, 0.29) is 6.10 Å². The van der Waals surface area contributed by atoms with E-state index in [1.165, 1.54) is 12.8 Å². The lowest BCUT2D eigenvalue weighted by molar-refractivity contribution is 0.0433. The van der Waals surface area contributed by atoms with Crippen molar-refractivity contribution in [3.8, 4) is 12.3 Å². The summed E-state index contributed by atoms with van der Waals surface area (Å²) >= 11 is 0. The molecule has 2 aliphatic rings. The van der Waals surface area contributed by atoms with Crippen molar-refractivity contribution in [2.45, 2.75) is 43.9 Å². The molecule has 2 bridgehead atoms. The van der Waals surface area contributed by atoms with Crippen LogP contribution in [0.25, 0.3) is 0 Å². The number of nitrogens with zero attached hydrogens (tertiary/aromatic N) is 1. The quantitative estimate of drug-likeness (QED) is 0.575. The molecule has 66 valence electrons. The van der Waals surface area contributed by atoms with E-state index in [9.17, 15) is 5.11 Å². The lowest BCUT2D eigenvalue weighted by atomic mass is 10.0. The van der Waals surface area contributed by atoms with E-state index in [1.807, 2.05) is 0 Å². The van der Waals surface area contributed by atoms with E-state index < -0.39 is 0 Å². The summed E-state index contributed by atoms with van der Waals surface area (Å²) in [5.41, 5.74) is 0. The monoisotopic (exact) mass is 165 g/mol. The first-order chi connectivity index (χ1) is 5.81. The van der Waals surface area contributed by atoms with Gasteiger partial charge >= 0.3 is 0 Å². The number of fused-ring (bicyclic) bond motifs is 2. The van der Waals surface area contributed by atoms with Crippen molar-refractivity contribution in [1.29, 1.82) is 0 Å². The van der Waals surface area contributed by atoms with Crippen LogP contribution in [0.2, 0.25) is 0 Å². The summed E-state index contributed by atoms with van der Waals surface area (Å²) in [5.74, 6) is 2.70. The summed E-state index contributed by atoms with van der Waals surface area (Å²) in [5, 5.41) is 9.50. The van der Waals surface area contributed by atoms with Crippen molar-refractivity contribution in [3.05, 3.63) is 0 Å². The van der Waals surface area contributed by atoms with E-state index in [0.717, 1.165) is 19.4 Å². The third-order valence-corrected chi connectivity index (χ3v) is 3.13. The first-order valence-corrected chi connectivity index (χ1v) is 4.68. The van der Waals surface area contributed by atoms with E-state index in [0.29, 0.717) is 12.1 Å². The second-order valence-electron chi connectivity index (χ2n) is 3.89. The average Bonchev–Trinajstić information content (AvgIpc) is 2.32. The highest BCUT2D eigenvalue weighted by Gasteiger charge is 2.39. The minimum absolute atomic E-state index is 0.0727. The van der Waals surface area contributed by atoms with Gasteiger partial charge in [-0.2, -0.15) is 0 Å². The number of aliphatic hydroxyl groups is 1. The van der Waals surface area contributed by atoms with Gasteiger partial charge in [-0.15, -0.1) is 6.42 Å². The molecule has 1 N–H and O–H groups in total. The van der Waals surface area contributed by atoms with Crippen LogP contribution in [-0.2, 0) is 0 Å². The fourth-order valence-corrected chi connectivity index (χ4v) is 2.61. The normalized spacial score (nSPS) is 41.2. The molecule has 2 rings (SSSR count). The number of rotatable bonds is 1. The number of hydrogen-bond donors (Lipinski definition) is 1.